The third-order valence-corrected chi connectivity index (χ3v) is 1.82. The van der Waals surface area contributed by atoms with Crippen molar-refractivity contribution in [2.75, 3.05) is 13.7 Å². The fraction of sp³-hybridized carbons (Fsp3) is 0.750. The van der Waals surface area contributed by atoms with Gasteiger partial charge in [-0.3, -0.25) is 0 Å². The van der Waals surface area contributed by atoms with Crippen LogP contribution in [0.25, 0.3) is 0 Å². The van der Waals surface area contributed by atoms with E-state index in [4.69, 9.17) is 14.7 Å². The van der Waals surface area contributed by atoms with Crippen LogP contribution in [-0.4, -0.2) is 26.2 Å². The topological polar surface area (TPSA) is 68.5 Å². The highest BCUT2D eigenvalue weighted by molar-refractivity contribution is 5.59. The first kappa shape index (κ1) is 9.81. The van der Waals surface area contributed by atoms with E-state index in [1.54, 1.807) is 0 Å². The van der Waals surface area contributed by atoms with E-state index in [1.165, 1.54) is 7.11 Å². The second-order valence-electron chi connectivity index (χ2n) is 2.72. The van der Waals surface area contributed by atoms with Crippen molar-refractivity contribution in [2.45, 2.75) is 19.1 Å². The molecule has 2 atom stereocenters. The molecule has 13 heavy (non-hydrogen) atoms. The molecular formula is C8H11NO4. The van der Waals surface area contributed by atoms with E-state index < -0.39 is 12.4 Å². The number of methoxy groups -OCH3 is 1. The zero-order valence-corrected chi connectivity index (χ0v) is 7.36. The van der Waals surface area contributed by atoms with Crippen molar-refractivity contribution in [3.05, 3.63) is 0 Å². The van der Waals surface area contributed by atoms with Gasteiger partial charge in [-0.05, 0) is 6.42 Å². The fourth-order valence-corrected chi connectivity index (χ4v) is 1.11. The molecular weight excluding hydrogens is 174 g/mol. The van der Waals surface area contributed by atoms with E-state index in [0.717, 1.165) is 0 Å². The Balaban J connectivity index is 2.35. The molecule has 1 aliphatic rings. The Morgan fingerprint density at radius 2 is 2.46 bits per heavy atom. The van der Waals surface area contributed by atoms with E-state index >= 15 is 0 Å². The van der Waals surface area contributed by atoms with Crippen molar-refractivity contribution in [3.63, 3.8) is 0 Å². The lowest BCUT2D eigenvalue weighted by Crippen LogP contribution is -2.29. The first-order valence-corrected chi connectivity index (χ1v) is 4.02. The highest BCUT2D eigenvalue weighted by Gasteiger charge is 2.25. The summed E-state index contributed by atoms with van der Waals surface area (Å²) in [4.78, 5) is 10.7. The maximum absolute atomic E-state index is 10.7. The number of hydrogen-bond acceptors (Lipinski definition) is 5. The molecule has 2 unspecified atom stereocenters. The van der Waals surface area contributed by atoms with Crippen LogP contribution in [0.4, 0.5) is 4.79 Å². The second kappa shape index (κ2) is 4.67. The Morgan fingerprint density at radius 1 is 1.69 bits per heavy atom. The van der Waals surface area contributed by atoms with Gasteiger partial charge in [0, 0.05) is 6.42 Å². The van der Waals surface area contributed by atoms with E-state index in [1.807, 2.05) is 0 Å². The van der Waals surface area contributed by atoms with Crippen LogP contribution < -0.4 is 0 Å². The van der Waals surface area contributed by atoms with Crippen molar-refractivity contribution in [1.82, 2.24) is 0 Å². The summed E-state index contributed by atoms with van der Waals surface area (Å²) >= 11 is 0. The number of ether oxygens (including phenoxy) is 3. The van der Waals surface area contributed by atoms with Crippen LogP contribution in [0.3, 0.4) is 0 Å². The molecule has 5 heteroatoms. The van der Waals surface area contributed by atoms with Gasteiger partial charge < -0.3 is 14.2 Å². The van der Waals surface area contributed by atoms with Crippen molar-refractivity contribution >= 4 is 6.16 Å². The van der Waals surface area contributed by atoms with Crippen LogP contribution in [0.15, 0.2) is 0 Å². The molecule has 5 nitrogen and oxygen atoms in total. The standard InChI is InChI=1S/C8H11NO4/c1-11-8(10)13-7-4-6(5-9)2-3-12-7/h6-7H,2-4H2,1H3. The number of nitrogens with zero attached hydrogens (tertiary/aromatic N) is 1. The SMILES string of the molecule is COC(=O)OC1CC(C#N)CCO1. The molecule has 0 N–H and O–H groups in total. The summed E-state index contributed by atoms with van der Waals surface area (Å²) in [5, 5.41) is 8.62. The molecule has 0 bridgehead atoms. The summed E-state index contributed by atoms with van der Waals surface area (Å²) in [7, 11) is 1.23. The molecule has 0 spiro atoms. The van der Waals surface area contributed by atoms with Crippen molar-refractivity contribution in [3.8, 4) is 6.07 Å². The Kier molecular flexibility index (Phi) is 3.53. The summed E-state index contributed by atoms with van der Waals surface area (Å²) in [5.41, 5.74) is 0. The van der Waals surface area contributed by atoms with Gasteiger partial charge >= 0.3 is 6.16 Å². The minimum absolute atomic E-state index is 0.0941. The minimum atomic E-state index is -0.774. The third-order valence-electron chi connectivity index (χ3n) is 1.82. The summed E-state index contributed by atoms with van der Waals surface area (Å²) in [6.07, 6.45) is -0.294. The molecule has 0 saturated carbocycles. The summed E-state index contributed by atoms with van der Waals surface area (Å²) in [6.45, 7) is 0.444. The number of nitriles is 1. The molecule has 0 aromatic carbocycles. The van der Waals surface area contributed by atoms with E-state index in [-0.39, 0.29) is 5.92 Å². The summed E-state index contributed by atoms with van der Waals surface area (Å²) in [6, 6.07) is 2.11. The molecule has 1 aliphatic heterocycles. The van der Waals surface area contributed by atoms with Gasteiger partial charge in [0.15, 0.2) is 0 Å². The largest absolute Gasteiger partial charge is 0.510 e. The van der Waals surface area contributed by atoms with Gasteiger partial charge in [0.2, 0.25) is 6.29 Å². The highest BCUT2D eigenvalue weighted by Crippen LogP contribution is 2.20. The van der Waals surface area contributed by atoms with Crippen molar-refractivity contribution in [2.24, 2.45) is 5.92 Å². The smallest absolute Gasteiger partial charge is 0.438 e. The number of carbonyl (C=O) groups is 1. The summed E-state index contributed by atoms with van der Waals surface area (Å²) in [5.74, 6) is -0.0941. The lowest BCUT2D eigenvalue weighted by molar-refractivity contribution is -0.147. The van der Waals surface area contributed by atoms with Crippen LogP contribution >= 0.6 is 0 Å². The quantitative estimate of drug-likeness (QED) is 0.571. The normalized spacial score (nSPS) is 27.4. The first-order chi connectivity index (χ1) is 6.26. The lowest BCUT2D eigenvalue weighted by atomic mass is 10.0. The Labute approximate surface area is 76.2 Å². The van der Waals surface area contributed by atoms with Gasteiger partial charge in [-0.1, -0.05) is 0 Å². The van der Waals surface area contributed by atoms with Gasteiger partial charge in [0.1, 0.15) is 0 Å². The highest BCUT2D eigenvalue weighted by atomic mass is 16.8. The average Bonchev–Trinajstić information content (AvgIpc) is 2.18. The fourth-order valence-electron chi connectivity index (χ4n) is 1.11. The second-order valence-corrected chi connectivity index (χ2v) is 2.72. The Morgan fingerprint density at radius 3 is 3.08 bits per heavy atom. The van der Waals surface area contributed by atoms with Gasteiger partial charge in [0.05, 0.1) is 25.7 Å². The molecule has 1 fully saturated rings. The predicted molar refractivity (Wildman–Crippen MR) is 41.6 cm³/mol. The predicted octanol–water partition coefficient (Wildman–Crippen LogP) is 1.05. The third kappa shape index (κ3) is 2.92. The van der Waals surface area contributed by atoms with Crippen molar-refractivity contribution in [1.29, 1.82) is 5.26 Å². The molecule has 0 radical (unpaired) electrons. The molecule has 72 valence electrons. The maximum atomic E-state index is 10.7. The molecule has 1 saturated heterocycles. The van der Waals surface area contributed by atoms with E-state index in [0.29, 0.717) is 19.4 Å². The molecule has 1 heterocycles. The zero-order valence-electron chi connectivity index (χ0n) is 7.36. The van der Waals surface area contributed by atoms with Gasteiger partial charge in [-0.25, -0.2) is 4.79 Å². The van der Waals surface area contributed by atoms with Crippen LogP contribution in [0.5, 0.6) is 0 Å². The molecule has 0 aromatic rings. The Bertz CT molecular complexity index is 223. The number of hydrogen-bond donors (Lipinski definition) is 0. The average molecular weight is 185 g/mol. The van der Waals surface area contributed by atoms with Crippen LogP contribution in [0.2, 0.25) is 0 Å². The minimum Gasteiger partial charge on any atom is -0.438 e. The first-order valence-electron chi connectivity index (χ1n) is 4.02. The number of rotatable bonds is 1. The molecule has 1 rings (SSSR count). The summed E-state index contributed by atoms with van der Waals surface area (Å²) < 4.78 is 14.1. The molecule has 0 amide bonds. The van der Waals surface area contributed by atoms with Crippen molar-refractivity contribution < 1.29 is 19.0 Å². The monoisotopic (exact) mass is 185 g/mol. The number of carbonyl (C=O) groups excluding carboxylic acids is 1. The van der Waals surface area contributed by atoms with Crippen LogP contribution in [0.1, 0.15) is 12.8 Å². The molecule has 0 aliphatic carbocycles. The molecule has 0 aromatic heterocycles. The van der Waals surface area contributed by atoms with Crippen LogP contribution in [0, 0.1) is 17.2 Å². The Hall–Kier alpha value is -1.28. The van der Waals surface area contributed by atoms with E-state index in [2.05, 4.69) is 10.8 Å². The van der Waals surface area contributed by atoms with Gasteiger partial charge in [-0.15, -0.1) is 0 Å². The van der Waals surface area contributed by atoms with E-state index in [9.17, 15) is 4.79 Å². The zero-order chi connectivity index (χ0) is 9.68. The van der Waals surface area contributed by atoms with Gasteiger partial charge in [-0.2, -0.15) is 5.26 Å². The maximum Gasteiger partial charge on any atom is 0.510 e. The van der Waals surface area contributed by atoms with Gasteiger partial charge in [0.25, 0.3) is 0 Å². The van der Waals surface area contributed by atoms with Crippen LogP contribution in [-0.2, 0) is 14.2 Å². The lowest BCUT2D eigenvalue weighted by Gasteiger charge is -2.24.